The Morgan fingerprint density at radius 2 is 1.86 bits per heavy atom. The van der Waals surface area contributed by atoms with Crippen molar-refractivity contribution in [2.24, 2.45) is 0 Å². The minimum absolute atomic E-state index is 0.362. The van der Waals surface area contributed by atoms with Gasteiger partial charge < -0.3 is 14.8 Å². The molecule has 21 heavy (non-hydrogen) atoms. The molecule has 0 aliphatic heterocycles. The fourth-order valence-corrected chi connectivity index (χ4v) is 1.36. The Balaban J connectivity index is 2.37. The third kappa shape index (κ3) is 6.13. The summed E-state index contributed by atoms with van der Waals surface area (Å²) in [4.78, 5) is 33.9. The molecule has 0 saturated carbocycles. The van der Waals surface area contributed by atoms with Gasteiger partial charge in [-0.25, -0.2) is 9.59 Å². The predicted molar refractivity (Wildman–Crippen MR) is 75.1 cm³/mol. The monoisotopic (exact) mass is 314 g/mol. The molecule has 3 amide bonds. The van der Waals surface area contributed by atoms with E-state index < -0.39 is 24.0 Å². The van der Waals surface area contributed by atoms with Crippen molar-refractivity contribution in [2.45, 2.75) is 13.0 Å². The zero-order valence-electron chi connectivity index (χ0n) is 11.5. The van der Waals surface area contributed by atoms with Gasteiger partial charge in [0.05, 0.1) is 0 Å². The van der Waals surface area contributed by atoms with Gasteiger partial charge in [-0.3, -0.25) is 10.1 Å². The number of rotatable bonds is 5. The Labute approximate surface area is 126 Å². The quantitative estimate of drug-likeness (QED) is 0.794. The van der Waals surface area contributed by atoms with Crippen LogP contribution in [0.1, 0.15) is 6.92 Å². The van der Waals surface area contributed by atoms with Crippen LogP contribution in [0.15, 0.2) is 24.3 Å². The van der Waals surface area contributed by atoms with Gasteiger partial charge in [-0.1, -0.05) is 11.6 Å². The van der Waals surface area contributed by atoms with Crippen LogP contribution in [-0.2, 0) is 14.3 Å². The van der Waals surface area contributed by atoms with Crippen molar-refractivity contribution in [3.05, 3.63) is 29.3 Å². The maximum atomic E-state index is 11.5. The molecule has 0 radical (unpaired) electrons. The number of esters is 1. The molecule has 1 aromatic carbocycles. The number of carbonyl (C=O) groups is 3. The molecule has 0 unspecified atom stereocenters. The number of urea groups is 1. The summed E-state index contributed by atoms with van der Waals surface area (Å²) in [5, 5.41) is 4.75. The molecule has 8 heteroatoms. The number of hydrogen-bond acceptors (Lipinski definition) is 5. The minimum atomic E-state index is -1.11. The van der Waals surface area contributed by atoms with Crippen molar-refractivity contribution in [1.82, 2.24) is 10.6 Å². The van der Waals surface area contributed by atoms with Gasteiger partial charge in [0, 0.05) is 12.1 Å². The predicted octanol–water partition coefficient (Wildman–Crippen LogP) is 1.11. The topological polar surface area (TPSA) is 93.7 Å². The van der Waals surface area contributed by atoms with E-state index in [1.807, 2.05) is 5.32 Å². The lowest BCUT2D eigenvalue weighted by molar-refractivity contribution is -0.156. The lowest BCUT2D eigenvalue weighted by Gasteiger charge is -2.13. The molecule has 0 saturated heterocycles. The molecule has 2 N–H and O–H groups in total. The van der Waals surface area contributed by atoms with Crippen molar-refractivity contribution < 1.29 is 23.9 Å². The van der Waals surface area contributed by atoms with Crippen molar-refractivity contribution in [3.8, 4) is 5.75 Å². The Morgan fingerprint density at radius 3 is 2.43 bits per heavy atom. The molecule has 0 aliphatic rings. The summed E-state index contributed by atoms with van der Waals surface area (Å²) < 4.78 is 9.98. The molecule has 114 valence electrons. The van der Waals surface area contributed by atoms with Crippen LogP contribution < -0.4 is 15.4 Å². The van der Waals surface area contributed by atoms with E-state index in [1.165, 1.54) is 14.0 Å². The third-order valence-corrected chi connectivity index (χ3v) is 2.56. The van der Waals surface area contributed by atoms with E-state index in [2.05, 4.69) is 5.32 Å². The first-order valence-electron chi connectivity index (χ1n) is 6.02. The van der Waals surface area contributed by atoms with Gasteiger partial charge >= 0.3 is 12.0 Å². The Bertz CT molecular complexity index is 518. The van der Waals surface area contributed by atoms with Crippen LogP contribution in [0.4, 0.5) is 4.79 Å². The second-order valence-electron chi connectivity index (χ2n) is 3.94. The summed E-state index contributed by atoms with van der Waals surface area (Å²) in [6.07, 6.45) is -1.11. The van der Waals surface area contributed by atoms with Gasteiger partial charge in [-0.2, -0.15) is 0 Å². The third-order valence-electron chi connectivity index (χ3n) is 2.31. The summed E-state index contributed by atoms with van der Waals surface area (Å²) in [6.45, 7) is 0.984. The first kappa shape index (κ1) is 16.8. The van der Waals surface area contributed by atoms with E-state index in [-0.39, 0.29) is 6.61 Å². The number of carbonyl (C=O) groups excluding carboxylic acids is 3. The van der Waals surface area contributed by atoms with Crippen molar-refractivity contribution in [1.29, 1.82) is 0 Å². The summed E-state index contributed by atoms with van der Waals surface area (Å²) in [7, 11) is 1.36. The van der Waals surface area contributed by atoms with Gasteiger partial charge in [0.15, 0.2) is 12.7 Å². The maximum Gasteiger partial charge on any atom is 0.344 e. The highest BCUT2D eigenvalue weighted by atomic mass is 35.5. The molecule has 0 aliphatic carbocycles. The molecule has 0 fully saturated rings. The summed E-state index contributed by atoms with van der Waals surface area (Å²) in [6, 6.07) is 5.73. The largest absolute Gasteiger partial charge is 0.482 e. The molecule has 0 bridgehead atoms. The number of imide groups is 1. The molecule has 7 nitrogen and oxygen atoms in total. The van der Waals surface area contributed by atoms with Crippen LogP contribution in [0.5, 0.6) is 5.75 Å². The second kappa shape index (κ2) is 8.11. The first-order chi connectivity index (χ1) is 9.92. The molecule has 1 rings (SSSR count). The van der Waals surface area contributed by atoms with E-state index in [0.29, 0.717) is 10.8 Å². The highest BCUT2D eigenvalue weighted by Crippen LogP contribution is 2.15. The standard InChI is InChI=1S/C13H15ClN2O5/c1-8(12(18)16-13(19)15-2)21-11(17)7-20-10-5-3-9(14)4-6-10/h3-6,8H,7H2,1-2H3,(H2,15,16,18,19)/t8-/m1/s1. The van der Waals surface area contributed by atoms with Gasteiger partial charge in [0.2, 0.25) is 0 Å². The van der Waals surface area contributed by atoms with Gasteiger partial charge in [0.1, 0.15) is 5.75 Å². The number of amides is 3. The normalized spacial score (nSPS) is 11.2. The Kier molecular flexibility index (Phi) is 6.48. The zero-order chi connectivity index (χ0) is 15.8. The molecular formula is C13H15ClN2O5. The lowest BCUT2D eigenvalue weighted by atomic mass is 10.3. The van der Waals surface area contributed by atoms with Gasteiger partial charge in [-0.05, 0) is 31.2 Å². The molecule has 0 heterocycles. The zero-order valence-corrected chi connectivity index (χ0v) is 12.3. The van der Waals surface area contributed by atoms with Crippen LogP contribution in [-0.4, -0.2) is 37.7 Å². The molecular weight excluding hydrogens is 300 g/mol. The fourth-order valence-electron chi connectivity index (χ4n) is 1.23. The average molecular weight is 315 g/mol. The van der Waals surface area contributed by atoms with Crippen LogP contribution in [0.2, 0.25) is 5.02 Å². The lowest BCUT2D eigenvalue weighted by Crippen LogP contribution is -2.43. The summed E-state index contributed by atoms with van der Waals surface area (Å²) >= 11 is 5.71. The molecule has 1 aromatic rings. The fraction of sp³-hybridized carbons (Fsp3) is 0.308. The highest BCUT2D eigenvalue weighted by molar-refractivity contribution is 6.30. The van der Waals surface area contributed by atoms with Crippen molar-refractivity contribution in [2.75, 3.05) is 13.7 Å². The molecule has 0 spiro atoms. The van der Waals surface area contributed by atoms with Crippen molar-refractivity contribution >= 4 is 29.5 Å². The number of benzene rings is 1. The summed E-state index contributed by atoms with van der Waals surface area (Å²) in [5.41, 5.74) is 0. The van der Waals surface area contributed by atoms with Crippen LogP contribution in [0, 0.1) is 0 Å². The SMILES string of the molecule is CNC(=O)NC(=O)[C@@H](C)OC(=O)COc1ccc(Cl)cc1. The van der Waals surface area contributed by atoms with Gasteiger partial charge in [0.25, 0.3) is 5.91 Å². The molecule has 1 atom stereocenters. The minimum Gasteiger partial charge on any atom is -0.482 e. The van der Waals surface area contributed by atoms with E-state index in [9.17, 15) is 14.4 Å². The van der Waals surface area contributed by atoms with Crippen LogP contribution >= 0.6 is 11.6 Å². The first-order valence-corrected chi connectivity index (χ1v) is 6.40. The van der Waals surface area contributed by atoms with E-state index in [4.69, 9.17) is 21.1 Å². The summed E-state index contributed by atoms with van der Waals surface area (Å²) in [5.74, 6) is -1.02. The van der Waals surface area contributed by atoms with Crippen LogP contribution in [0.3, 0.4) is 0 Å². The Morgan fingerprint density at radius 1 is 1.24 bits per heavy atom. The maximum absolute atomic E-state index is 11.5. The van der Waals surface area contributed by atoms with Gasteiger partial charge in [-0.15, -0.1) is 0 Å². The van der Waals surface area contributed by atoms with Crippen LogP contribution in [0.25, 0.3) is 0 Å². The van der Waals surface area contributed by atoms with E-state index in [1.54, 1.807) is 24.3 Å². The Hall–Kier alpha value is -2.28. The van der Waals surface area contributed by atoms with E-state index >= 15 is 0 Å². The number of halogens is 1. The average Bonchev–Trinajstić information content (AvgIpc) is 2.46. The second-order valence-corrected chi connectivity index (χ2v) is 4.38. The smallest absolute Gasteiger partial charge is 0.344 e. The number of hydrogen-bond donors (Lipinski definition) is 2. The number of ether oxygens (including phenoxy) is 2. The van der Waals surface area contributed by atoms with Crippen molar-refractivity contribution in [3.63, 3.8) is 0 Å². The van der Waals surface area contributed by atoms with E-state index in [0.717, 1.165) is 0 Å². The highest BCUT2D eigenvalue weighted by Gasteiger charge is 2.19. The molecule has 0 aromatic heterocycles. The number of nitrogens with one attached hydrogen (secondary N) is 2.